The number of ether oxygens (including phenoxy) is 1. The number of nitrogens with zero attached hydrogens (tertiary/aromatic N) is 1. The topological polar surface area (TPSA) is 50.1 Å². The van der Waals surface area contributed by atoms with Crippen LogP contribution in [0.5, 0.6) is 5.75 Å². The van der Waals surface area contributed by atoms with E-state index in [0.717, 1.165) is 24.1 Å². The SMILES string of the molecule is CCCc1ccccc1C(=O)Oc1cc(F)c(C#N)c(F)c1. The van der Waals surface area contributed by atoms with Gasteiger partial charge in [-0.2, -0.15) is 5.26 Å². The first-order valence-electron chi connectivity index (χ1n) is 6.76. The minimum absolute atomic E-state index is 0.273. The summed E-state index contributed by atoms with van der Waals surface area (Å²) in [7, 11) is 0. The Morgan fingerprint density at radius 2 is 1.86 bits per heavy atom. The van der Waals surface area contributed by atoms with E-state index in [4.69, 9.17) is 10.00 Å². The van der Waals surface area contributed by atoms with Gasteiger partial charge in [0, 0.05) is 12.1 Å². The zero-order chi connectivity index (χ0) is 16.1. The van der Waals surface area contributed by atoms with Crippen LogP contribution in [-0.2, 0) is 6.42 Å². The standard InChI is InChI=1S/C17H13F2NO2/c1-2-5-11-6-3-4-7-13(11)17(21)22-12-8-15(18)14(10-20)16(19)9-12/h3-4,6-9H,2,5H2,1H3. The van der Waals surface area contributed by atoms with Crippen LogP contribution in [0.15, 0.2) is 36.4 Å². The highest BCUT2D eigenvalue weighted by molar-refractivity contribution is 5.92. The molecule has 5 heteroatoms. The first kappa shape index (κ1) is 15.6. The number of hydrogen-bond donors (Lipinski definition) is 0. The van der Waals surface area contributed by atoms with Crippen LogP contribution in [0, 0.1) is 23.0 Å². The Kier molecular flexibility index (Phi) is 4.84. The van der Waals surface area contributed by atoms with Crippen LogP contribution in [0.1, 0.15) is 34.8 Å². The van der Waals surface area contributed by atoms with Crippen molar-refractivity contribution in [3.63, 3.8) is 0 Å². The molecule has 0 aliphatic rings. The van der Waals surface area contributed by atoms with E-state index in [0.29, 0.717) is 12.0 Å². The summed E-state index contributed by atoms with van der Waals surface area (Å²) in [5.41, 5.74) is 0.463. The third-order valence-electron chi connectivity index (χ3n) is 3.09. The summed E-state index contributed by atoms with van der Waals surface area (Å²) in [6.45, 7) is 1.98. The van der Waals surface area contributed by atoms with Crippen molar-refractivity contribution in [1.29, 1.82) is 5.26 Å². The van der Waals surface area contributed by atoms with Gasteiger partial charge in [0.05, 0.1) is 5.56 Å². The molecule has 0 N–H and O–H groups in total. The number of nitriles is 1. The normalized spacial score (nSPS) is 10.1. The Morgan fingerprint density at radius 3 is 2.45 bits per heavy atom. The molecule has 22 heavy (non-hydrogen) atoms. The van der Waals surface area contributed by atoms with Gasteiger partial charge in [0.1, 0.15) is 29.0 Å². The molecule has 3 nitrogen and oxygen atoms in total. The molecule has 0 heterocycles. The third kappa shape index (κ3) is 3.29. The Labute approximate surface area is 126 Å². The largest absolute Gasteiger partial charge is 0.423 e. The number of hydrogen-bond acceptors (Lipinski definition) is 3. The van der Waals surface area contributed by atoms with Crippen molar-refractivity contribution in [3.05, 3.63) is 64.7 Å². The smallest absolute Gasteiger partial charge is 0.343 e. The fourth-order valence-corrected chi connectivity index (χ4v) is 2.08. The molecule has 0 saturated carbocycles. The minimum atomic E-state index is -1.06. The molecule has 2 aromatic rings. The Hall–Kier alpha value is -2.74. The Balaban J connectivity index is 2.29. The molecule has 112 valence electrons. The molecule has 0 unspecified atom stereocenters. The van der Waals surface area contributed by atoms with Crippen LogP contribution in [0.25, 0.3) is 0 Å². The van der Waals surface area contributed by atoms with E-state index in [1.807, 2.05) is 13.0 Å². The van der Waals surface area contributed by atoms with Crippen molar-refractivity contribution in [3.8, 4) is 11.8 Å². The van der Waals surface area contributed by atoms with Crippen molar-refractivity contribution in [2.45, 2.75) is 19.8 Å². The molecular weight excluding hydrogens is 288 g/mol. The lowest BCUT2D eigenvalue weighted by Gasteiger charge is -2.09. The molecule has 0 aliphatic heterocycles. The molecule has 2 aromatic carbocycles. The van der Waals surface area contributed by atoms with Crippen molar-refractivity contribution in [1.82, 2.24) is 0 Å². The van der Waals surface area contributed by atoms with Crippen LogP contribution in [-0.4, -0.2) is 5.97 Å². The maximum atomic E-state index is 13.5. The van der Waals surface area contributed by atoms with Crippen LogP contribution in [0.2, 0.25) is 0 Å². The van der Waals surface area contributed by atoms with E-state index in [9.17, 15) is 13.6 Å². The number of esters is 1. The molecule has 0 atom stereocenters. The zero-order valence-electron chi connectivity index (χ0n) is 11.9. The lowest BCUT2D eigenvalue weighted by molar-refractivity contribution is 0.0732. The number of halogens is 2. The number of carbonyl (C=O) groups excluding carboxylic acids is 1. The molecule has 0 aromatic heterocycles. The highest BCUT2D eigenvalue weighted by Gasteiger charge is 2.16. The van der Waals surface area contributed by atoms with E-state index in [1.54, 1.807) is 18.2 Å². The van der Waals surface area contributed by atoms with Gasteiger partial charge in [-0.25, -0.2) is 13.6 Å². The lowest BCUT2D eigenvalue weighted by Crippen LogP contribution is -2.12. The van der Waals surface area contributed by atoms with Crippen molar-refractivity contribution in [2.24, 2.45) is 0 Å². The Morgan fingerprint density at radius 1 is 1.23 bits per heavy atom. The predicted octanol–water partition coefficient (Wildman–Crippen LogP) is 4.01. The average Bonchev–Trinajstić information content (AvgIpc) is 2.47. The number of rotatable bonds is 4. The van der Waals surface area contributed by atoms with E-state index in [2.05, 4.69) is 0 Å². The minimum Gasteiger partial charge on any atom is -0.423 e. The Bertz CT molecular complexity index is 728. The quantitative estimate of drug-likeness (QED) is 0.633. The molecule has 0 aliphatic carbocycles. The van der Waals surface area contributed by atoms with Gasteiger partial charge in [0.2, 0.25) is 0 Å². The summed E-state index contributed by atoms with van der Waals surface area (Å²) in [4.78, 5) is 12.2. The fourth-order valence-electron chi connectivity index (χ4n) is 2.08. The average molecular weight is 301 g/mol. The summed E-state index contributed by atoms with van der Waals surface area (Å²) >= 11 is 0. The van der Waals surface area contributed by atoms with Gasteiger partial charge >= 0.3 is 5.97 Å². The highest BCUT2D eigenvalue weighted by Crippen LogP contribution is 2.22. The maximum Gasteiger partial charge on any atom is 0.343 e. The number of aryl methyl sites for hydroxylation is 1. The lowest BCUT2D eigenvalue weighted by atomic mass is 10.0. The van der Waals surface area contributed by atoms with E-state index in [-0.39, 0.29) is 5.75 Å². The van der Waals surface area contributed by atoms with Gasteiger partial charge in [-0.3, -0.25) is 0 Å². The first-order chi connectivity index (χ1) is 10.6. The molecule has 0 saturated heterocycles. The predicted molar refractivity (Wildman–Crippen MR) is 76.5 cm³/mol. The number of benzene rings is 2. The second kappa shape index (κ2) is 6.81. The highest BCUT2D eigenvalue weighted by atomic mass is 19.1. The molecule has 0 spiro atoms. The van der Waals surface area contributed by atoms with Gasteiger partial charge in [0.25, 0.3) is 0 Å². The van der Waals surface area contributed by atoms with Gasteiger partial charge in [-0.1, -0.05) is 31.5 Å². The molecule has 0 fully saturated rings. The second-order valence-electron chi connectivity index (χ2n) is 4.67. The molecule has 0 amide bonds. The van der Waals surface area contributed by atoms with Gasteiger partial charge < -0.3 is 4.74 Å². The zero-order valence-corrected chi connectivity index (χ0v) is 11.9. The third-order valence-corrected chi connectivity index (χ3v) is 3.09. The van der Waals surface area contributed by atoms with Crippen LogP contribution in [0.3, 0.4) is 0 Å². The van der Waals surface area contributed by atoms with Crippen molar-refractivity contribution >= 4 is 5.97 Å². The van der Waals surface area contributed by atoms with Gasteiger partial charge in [-0.05, 0) is 18.1 Å². The maximum absolute atomic E-state index is 13.5. The van der Waals surface area contributed by atoms with Crippen LogP contribution in [0.4, 0.5) is 8.78 Å². The molecular formula is C17H13F2NO2. The van der Waals surface area contributed by atoms with Gasteiger partial charge in [0.15, 0.2) is 0 Å². The summed E-state index contributed by atoms with van der Waals surface area (Å²) < 4.78 is 32.0. The van der Waals surface area contributed by atoms with Crippen LogP contribution >= 0.6 is 0 Å². The summed E-state index contributed by atoms with van der Waals surface area (Å²) in [5.74, 6) is -3.09. The monoisotopic (exact) mass is 301 g/mol. The fraction of sp³-hybridized carbons (Fsp3) is 0.176. The second-order valence-corrected chi connectivity index (χ2v) is 4.67. The summed E-state index contributed by atoms with van der Waals surface area (Å²) in [5, 5.41) is 8.61. The summed E-state index contributed by atoms with van der Waals surface area (Å²) in [6.07, 6.45) is 1.55. The van der Waals surface area contributed by atoms with Crippen LogP contribution < -0.4 is 4.74 Å². The van der Waals surface area contributed by atoms with E-state index < -0.39 is 23.2 Å². The van der Waals surface area contributed by atoms with Crippen molar-refractivity contribution < 1.29 is 18.3 Å². The first-order valence-corrected chi connectivity index (χ1v) is 6.76. The van der Waals surface area contributed by atoms with E-state index in [1.165, 1.54) is 6.07 Å². The molecule has 0 radical (unpaired) electrons. The molecule has 0 bridgehead atoms. The summed E-state index contributed by atoms with van der Waals surface area (Å²) in [6, 6.07) is 9.96. The van der Waals surface area contributed by atoms with E-state index >= 15 is 0 Å². The number of carbonyl (C=O) groups is 1. The van der Waals surface area contributed by atoms with Gasteiger partial charge in [-0.15, -0.1) is 0 Å². The molecule has 2 rings (SSSR count). The van der Waals surface area contributed by atoms with Crippen molar-refractivity contribution in [2.75, 3.05) is 0 Å².